The second-order valence-corrected chi connectivity index (χ2v) is 6.56. The number of para-hydroxylation sites is 1. The average Bonchev–Trinajstić information content (AvgIpc) is 2.70. The van der Waals surface area contributed by atoms with E-state index in [0.717, 1.165) is 24.0 Å². The molecule has 0 atom stereocenters. The highest BCUT2D eigenvalue weighted by Crippen LogP contribution is 2.27. The number of aromatic nitrogens is 2. The van der Waals surface area contributed by atoms with Gasteiger partial charge in [0, 0.05) is 24.2 Å². The summed E-state index contributed by atoms with van der Waals surface area (Å²) in [6, 6.07) is 12.0. The summed E-state index contributed by atoms with van der Waals surface area (Å²) in [6.07, 6.45) is 0. The molecule has 3 aromatic rings. The monoisotopic (exact) mass is 380 g/mol. The largest absolute Gasteiger partial charge is 0.507 e. The van der Waals surface area contributed by atoms with Crippen LogP contribution in [0.1, 0.15) is 16.2 Å². The van der Waals surface area contributed by atoms with Gasteiger partial charge in [-0.05, 0) is 30.3 Å². The number of benzene rings is 2. The highest BCUT2D eigenvalue weighted by atomic mass is 16.5. The molecule has 0 saturated carbocycles. The molecule has 8 nitrogen and oxygen atoms in total. The molecule has 2 heterocycles. The average molecular weight is 380 g/mol. The molecule has 8 heteroatoms. The summed E-state index contributed by atoms with van der Waals surface area (Å²) >= 11 is 0. The first-order valence-corrected chi connectivity index (χ1v) is 8.99. The summed E-state index contributed by atoms with van der Waals surface area (Å²) < 4.78 is 5.39. The Kier molecular flexibility index (Phi) is 5.05. The molecule has 3 N–H and O–H groups in total. The minimum atomic E-state index is -1.19. The number of nitrogens with one attached hydrogen (secondary N) is 1. The van der Waals surface area contributed by atoms with Crippen LogP contribution < -0.4 is 5.32 Å². The van der Waals surface area contributed by atoms with Crippen LogP contribution in [-0.4, -0.2) is 57.4 Å². The summed E-state index contributed by atoms with van der Waals surface area (Å²) in [7, 11) is 0. The number of carbonyl (C=O) groups is 1. The van der Waals surface area contributed by atoms with E-state index in [-0.39, 0.29) is 11.3 Å². The molecule has 0 bridgehead atoms. The Bertz CT molecular complexity index is 1020. The molecule has 1 aliphatic heterocycles. The first-order valence-electron chi connectivity index (χ1n) is 8.99. The van der Waals surface area contributed by atoms with Gasteiger partial charge >= 0.3 is 5.97 Å². The Morgan fingerprint density at radius 1 is 1.14 bits per heavy atom. The summed E-state index contributed by atoms with van der Waals surface area (Å²) in [4.78, 5) is 22.9. The molecule has 2 aromatic carbocycles. The fourth-order valence-corrected chi connectivity index (χ4v) is 3.17. The van der Waals surface area contributed by atoms with E-state index in [1.54, 1.807) is 6.07 Å². The van der Waals surface area contributed by atoms with Crippen LogP contribution >= 0.6 is 0 Å². The number of anilines is 2. The number of hydrogen-bond donors (Lipinski definition) is 3. The zero-order valence-corrected chi connectivity index (χ0v) is 15.1. The lowest BCUT2D eigenvalue weighted by Gasteiger charge is -2.26. The van der Waals surface area contributed by atoms with Crippen LogP contribution in [-0.2, 0) is 11.3 Å². The van der Waals surface area contributed by atoms with Gasteiger partial charge in [0.2, 0.25) is 0 Å². The quantitative estimate of drug-likeness (QED) is 0.580. The molecule has 28 heavy (non-hydrogen) atoms. The molecule has 1 saturated heterocycles. The summed E-state index contributed by atoms with van der Waals surface area (Å²) in [5.74, 6) is -0.198. The fraction of sp³-hybridized carbons (Fsp3) is 0.250. The van der Waals surface area contributed by atoms with E-state index in [0.29, 0.717) is 37.1 Å². The van der Waals surface area contributed by atoms with Gasteiger partial charge in [-0.25, -0.2) is 14.8 Å². The maximum absolute atomic E-state index is 11.3. The van der Waals surface area contributed by atoms with Gasteiger partial charge in [0.1, 0.15) is 23.0 Å². The highest BCUT2D eigenvalue weighted by molar-refractivity contribution is 5.94. The minimum Gasteiger partial charge on any atom is -0.507 e. The normalized spacial score (nSPS) is 14.9. The van der Waals surface area contributed by atoms with Crippen molar-refractivity contribution in [2.45, 2.75) is 6.54 Å². The topological polar surface area (TPSA) is 108 Å². The van der Waals surface area contributed by atoms with E-state index in [4.69, 9.17) is 4.74 Å². The Labute approximate surface area is 161 Å². The molecule has 1 fully saturated rings. The summed E-state index contributed by atoms with van der Waals surface area (Å²) in [6.45, 7) is 3.67. The predicted molar refractivity (Wildman–Crippen MR) is 104 cm³/mol. The zero-order valence-electron chi connectivity index (χ0n) is 15.1. The van der Waals surface area contributed by atoms with Crippen molar-refractivity contribution < 1.29 is 19.7 Å². The van der Waals surface area contributed by atoms with E-state index in [2.05, 4.69) is 20.2 Å². The lowest BCUT2D eigenvalue weighted by molar-refractivity contribution is 0.0331. The maximum atomic E-state index is 11.3. The molecule has 0 spiro atoms. The van der Waals surface area contributed by atoms with Gasteiger partial charge in [-0.1, -0.05) is 12.1 Å². The smallest absolute Gasteiger partial charge is 0.339 e. The van der Waals surface area contributed by atoms with E-state index in [1.807, 2.05) is 24.3 Å². The first-order chi connectivity index (χ1) is 13.6. The molecule has 1 aromatic heterocycles. The Morgan fingerprint density at radius 3 is 2.71 bits per heavy atom. The van der Waals surface area contributed by atoms with Gasteiger partial charge in [-0.3, -0.25) is 4.90 Å². The van der Waals surface area contributed by atoms with E-state index in [1.165, 1.54) is 12.1 Å². The second-order valence-electron chi connectivity index (χ2n) is 6.56. The van der Waals surface area contributed by atoms with Crippen molar-refractivity contribution >= 4 is 28.4 Å². The molecular formula is C20H20N4O4. The van der Waals surface area contributed by atoms with Gasteiger partial charge < -0.3 is 20.3 Å². The maximum Gasteiger partial charge on any atom is 0.339 e. The Morgan fingerprint density at radius 2 is 1.93 bits per heavy atom. The van der Waals surface area contributed by atoms with E-state index >= 15 is 0 Å². The molecule has 0 radical (unpaired) electrons. The number of rotatable bonds is 5. The number of fused-ring (bicyclic) bond motifs is 1. The Balaban J connectivity index is 1.69. The molecule has 144 valence electrons. The number of ether oxygens (including phenoxy) is 1. The predicted octanol–water partition coefficient (Wildman–Crippen LogP) is 2.61. The lowest BCUT2D eigenvalue weighted by atomic mass is 10.1. The van der Waals surface area contributed by atoms with Gasteiger partial charge in [-0.15, -0.1) is 0 Å². The van der Waals surface area contributed by atoms with E-state index < -0.39 is 5.97 Å². The van der Waals surface area contributed by atoms with Crippen molar-refractivity contribution in [1.29, 1.82) is 0 Å². The molecule has 0 aliphatic carbocycles. The summed E-state index contributed by atoms with van der Waals surface area (Å²) in [5, 5.41) is 23.0. The number of carboxylic acids is 1. The van der Waals surface area contributed by atoms with Crippen LogP contribution in [0.15, 0.2) is 42.5 Å². The molecule has 1 aliphatic rings. The number of morpholine rings is 1. The third kappa shape index (κ3) is 3.88. The number of phenols is 1. The third-order valence-corrected chi connectivity index (χ3v) is 4.61. The first kappa shape index (κ1) is 18.1. The minimum absolute atomic E-state index is 0.170. The second kappa shape index (κ2) is 7.79. The van der Waals surface area contributed by atoms with Crippen LogP contribution in [0.2, 0.25) is 0 Å². The molecular weight excluding hydrogens is 360 g/mol. The Hall–Kier alpha value is -3.23. The van der Waals surface area contributed by atoms with E-state index in [9.17, 15) is 15.0 Å². The van der Waals surface area contributed by atoms with Crippen LogP contribution in [0.25, 0.3) is 10.9 Å². The van der Waals surface area contributed by atoms with Crippen molar-refractivity contribution in [2.24, 2.45) is 0 Å². The molecule has 0 unspecified atom stereocenters. The summed E-state index contributed by atoms with van der Waals surface area (Å²) in [5.41, 5.74) is 1.16. The third-order valence-electron chi connectivity index (χ3n) is 4.61. The van der Waals surface area contributed by atoms with Crippen molar-refractivity contribution in [3.8, 4) is 5.75 Å². The number of aromatic hydroxyl groups is 1. The van der Waals surface area contributed by atoms with Crippen molar-refractivity contribution in [2.75, 3.05) is 31.6 Å². The number of nitrogens with zero attached hydrogens (tertiary/aromatic N) is 3. The van der Waals surface area contributed by atoms with Gasteiger partial charge in [0.05, 0.1) is 25.3 Å². The van der Waals surface area contributed by atoms with Crippen molar-refractivity contribution in [3.63, 3.8) is 0 Å². The fourth-order valence-electron chi connectivity index (χ4n) is 3.17. The van der Waals surface area contributed by atoms with Crippen molar-refractivity contribution in [1.82, 2.24) is 14.9 Å². The van der Waals surface area contributed by atoms with Crippen LogP contribution in [0.5, 0.6) is 5.75 Å². The van der Waals surface area contributed by atoms with Crippen LogP contribution in [0.3, 0.4) is 0 Å². The van der Waals surface area contributed by atoms with Gasteiger partial charge in [0.15, 0.2) is 0 Å². The van der Waals surface area contributed by atoms with Gasteiger partial charge in [0.25, 0.3) is 0 Å². The zero-order chi connectivity index (χ0) is 19.5. The van der Waals surface area contributed by atoms with Crippen LogP contribution in [0, 0.1) is 0 Å². The van der Waals surface area contributed by atoms with Crippen LogP contribution in [0.4, 0.5) is 11.5 Å². The number of aromatic carboxylic acids is 1. The van der Waals surface area contributed by atoms with Gasteiger partial charge in [-0.2, -0.15) is 0 Å². The lowest BCUT2D eigenvalue weighted by Crippen LogP contribution is -2.36. The standard InChI is InChI=1S/C20H20N4O4/c25-17-6-5-13(11-15(17)20(26)27)21-19-14-3-1-2-4-16(14)22-18(23-19)12-24-7-9-28-10-8-24/h1-6,11,25H,7-10,12H2,(H,26,27)(H,21,22,23). The van der Waals surface area contributed by atoms with Crippen molar-refractivity contribution in [3.05, 3.63) is 53.9 Å². The molecule has 4 rings (SSSR count). The number of hydrogen-bond acceptors (Lipinski definition) is 7. The highest BCUT2D eigenvalue weighted by Gasteiger charge is 2.15. The SMILES string of the molecule is O=C(O)c1cc(Nc2nc(CN3CCOCC3)nc3ccccc23)ccc1O. The number of carboxylic acid groups (broad SMARTS) is 1. The molecule has 0 amide bonds.